The maximum absolute atomic E-state index is 12.0. The number of aromatic nitrogens is 1. The van der Waals surface area contributed by atoms with E-state index in [1.165, 1.54) is 17.2 Å². The van der Waals surface area contributed by atoms with Gasteiger partial charge in [0.05, 0.1) is 0 Å². The number of pyridine rings is 1. The van der Waals surface area contributed by atoms with Crippen molar-refractivity contribution < 1.29 is 9.59 Å². The van der Waals surface area contributed by atoms with E-state index >= 15 is 0 Å². The monoisotopic (exact) mass is 303 g/mol. The molecule has 0 radical (unpaired) electrons. The van der Waals surface area contributed by atoms with Gasteiger partial charge < -0.3 is 10.2 Å². The van der Waals surface area contributed by atoms with Gasteiger partial charge in [0.1, 0.15) is 5.69 Å². The summed E-state index contributed by atoms with van der Waals surface area (Å²) in [6.07, 6.45) is 1.47. The predicted molar refractivity (Wildman–Crippen MR) is 81.7 cm³/mol. The number of hydrogen-bond donors (Lipinski definition) is 1. The van der Waals surface area contributed by atoms with Crippen molar-refractivity contribution in [1.29, 1.82) is 0 Å². The number of rotatable bonds is 3. The van der Waals surface area contributed by atoms with Crippen LogP contribution in [0.1, 0.15) is 20.8 Å². The van der Waals surface area contributed by atoms with E-state index in [9.17, 15) is 9.59 Å². The molecule has 0 saturated heterocycles. The quantitative estimate of drug-likeness (QED) is 0.948. The van der Waals surface area contributed by atoms with Gasteiger partial charge in [0, 0.05) is 36.6 Å². The first-order chi connectivity index (χ1) is 9.97. The first-order valence-corrected chi connectivity index (χ1v) is 6.60. The lowest BCUT2D eigenvalue weighted by molar-refractivity contribution is 0.0827. The fraction of sp³-hybridized carbons (Fsp3) is 0.133. The third-order valence-corrected chi connectivity index (χ3v) is 2.99. The third-order valence-electron chi connectivity index (χ3n) is 2.75. The van der Waals surface area contributed by atoms with Gasteiger partial charge in [-0.1, -0.05) is 11.6 Å². The van der Waals surface area contributed by atoms with Gasteiger partial charge in [-0.15, -0.1) is 0 Å². The summed E-state index contributed by atoms with van der Waals surface area (Å²) < 4.78 is 0. The zero-order chi connectivity index (χ0) is 15.4. The van der Waals surface area contributed by atoms with Crippen LogP contribution < -0.4 is 5.32 Å². The molecule has 0 spiro atoms. The summed E-state index contributed by atoms with van der Waals surface area (Å²) in [5.74, 6) is -0.450. The number of nitrogens with zero attached hydrogens (tertiary/aromatic N) is 2. The van der Waals surface area contributed by atoms with E-state index in [0.29, 0.717) is 16.3 Å². The lowest BCUT2D eigenvalue weighted by Gasteiger charge is -2.11. The molecule has 2 amide bonds. The van der Waals surface area contributed by atoms with Crippen LogP contribution in [0.3, 0.4) is 0 Å². The Bertz CT molecular complexity index is 669. The molecule has 0 aliphatic carbocycles. The molecule has 21 heavy (non-hydrogen) atoms. The Morgan fingerprint density at radius 1 is 1.14 bits per heavy atom. The minimum absolute atomic E-state index is 0.0932. The highest BCUT2D eigenvalue weighted by Crippen LogP contribution is 2.13. The summed E-state index contributed by atoms with van der Waals surface area (Å²) in [4.78, 5) is 29.2. The Morgan fingerprint density at radius 2 is 1.81 bits per heavy atom. The molecule has 0 aliphatic heterocycles. The second-order valence-corrected chi connectivity index (χ2v) is 5.03. The fourth-order valence-corrected chi connectivity index (χ4v) is 1.84. The van der Waals surface area contributed by atoms with Crippen LogP contribution in [0.4, 0.5) is 5.69 Å². The molecule has 2 aromatic rings. The van der Waals surface area contributed by atoms with Crippen LogP contribution in [0.2, 0.25) is 5.02 Å². The van der Waals surface area contributed by atoms with Crippen LogP contribution in [0.25, 0.3) is 0 Å². The smallest absolute Gasteiger partial charge is 0.274 e. The van der Waals surface area contributed by atoms with E-state index in [0.717, 1.165) is 0 Å². The lowest BCUT2D eigenvalue weighted by atomic mass is 10.2. The number of hydrogen-bond acceptors (Lipinski definition) is 3. The van der Waals surface area contributed by atoms with E-state index in [1.54, 1.807) is 44.4 Å². The zero-order valence-corrected chi connectivity index (χ0v) is 12.4. The van der Waals surface area contributed by atoms with Gasteiger partial charge in [0.2, 0.25) is 0 Å². The molecule has 6 heteroatoms. The van der Waals surface area contributed by atoms with Crippen LogP contribution in [-0.2, 0) is 0 Å². The number of benzene rings is 1. The minimum atomic E-state index is -0.357. The van der Waals surface area contributed by atoms with E-state index in [4.69, 9.17) is 11.6 Å². The fourth-order valence-electron chi connectivity index (χ4n) is 1.68. The molecule has 1 aromatic carbocycles. The van der Waals surface area contributed by atoms with Gasteiger partial charge >= 0.3 is 0 Å². The summed E-state index contributed by atoms with van der Waals surface area (Å²) in [7, 11) is 3.37. The maximum atomic E-state index is 12.0. The number of amides is 2. The number of anilines is 1. The molecule has 1 aromatic heterocycles. The maximum Gasteiger partial charge on any atom is 0.274 e. The van der Waals surface area contributed by atoms with Crippen molar-refractivity contribution in [1.82, 2.24) is 9.88 Å². The standard InChI is InChI=1S/C15H14ClN3O2/c1-19(2)15(21)10-3-5-12(6-4-10)18-14(20)13-9-11(16)7-8-17-13/h3-9H,1-2H3,(H,18,20). The van der Waals surface area contributed by atoms with Gasteiger partial charge in [0.25, 0.3) is 11.8 Å². The Labute approximate surface area is 127 Å². The molecule has 1 heterocycles. The van der Waals surface area contributed by atoms with Crippen molar-refractivity contribution in [3.63, 3.8) is 0 Å². The summed E-state index contributed by atoms with van der Waals surface area (Å²) in [6, 6.07) is 9.73. The molecular weight excluding hydrogens is 290 g/mol. The van der Waals surface area contributed by atoms with Crippen molar-refractivity contribution in [2.45, 2.75) is 0 Å². The summed E-state index contributed by atoms with van der Waals surface area (Å²) >= 11 is 5.82. The molecule has 0 unspecified atom stereocenters. The zero-order valence-electron chi connectivity index (χ0n) is 11.6. The van der Waals surface area contributed by atoms with Crippen LogP contribution >= 0.6 is 11.6 Å². The highest BCUT2D eigenvalue weighted by Gasteiger charge is 2.10. The lowest BCUT2D eigenvalue weighted by Crippen LogP contribution is -2.21. The van der Waals surface area contributed by atoms with E-state index in [-0.39, 0.29) is 17.5 Å². The minimum Gasteiger partial charge on any atom is -0.345 e. The van der Waals surface area contributed by atoms with Crippen LogP contribution in [0, 0.1) is 0 Å². The molecule has 5 nitrogen and oxygen atoms in total. The molecule has 0 aliphatic rings. The van der Waals surface area contributed by atoms with Crippen molar-refractivity contribution in [3.05, 3.63) is 58.9 Å². The Hall–Kier alpha value is -2.40. The SMILES string of the molecule is CN(C)C(=O)c1ccc(NC(=O)c2cc(Cl)ccn2)cc1. The summed E-state index contributed by atoms with van der Waals surface area (Å²) in [5.41, 5.74) is 1.37. The molecule has 0 fully saturated rings. The van der Waals surface area contributed by atoms with Crippen molar-refractivity contribution in [2.75, 3.05) is 19.4 Å². The highest BCUT2D eigenvalue weighted by molar-refractivity contribution is 6.30. The van der Waals surface area contributed by atoms with Crippen molar-refractivity contribution in [2.24, 2.45) is 0 Å². The van der Waals surface area contributed by atoms with Gasteiger partial charge in [-0.25, -0.2) is 0 Å². The Kier molecular flexibility index (Phi) is 4.55. The number of nitrogens with one attached hydrogen (secondary N) is 1. The van der Waals surface area contributed by atoms with E-state index in [1.807, 2.05) is 0 Å². The van der Waals surface area contributed by atoms with Gasteiger partial charge in [-0.2, -0.15) is 0 Å². The molecule has 1 N–H and O–H groups in total. The van der Waals surface area contributed by atoms with Gasteiger partial charge in [-0.3, -0.25) is 14.6 Å². The first-order valence-electron chi connectivity index (χ1n) is 6.22. The largest absolute Gasteiger partial charge is 0.345 e. The summed E-state index contributed by atoms with van der Waals surface area (Å²) in [5, 5.41) is 3.14. The average Bonchev–Trinajstić information content (AvgIpc) is 2.47. The van der Waals surface area contributed by atoms with Crippen LogP contribution in [0.15, 0.2) is 42.6 Å². The molecule has 0 atom stereocenters. The predicted octanol–water partition coefficient (Wildman–Crippen LogP) is 2.69. The number of carbonyl (C=O) groups is 2. The van der Waals surface area contributed by atoms with Gasteiger partial charge in [-0.05, 0) is 36.4 Å². The van der Waals surface area contributed by atoms with Gasteiger partial charge in [0.15, 0.2) is 0 Å². The topological polar surface area (TPSA) is 62.3 Å². The third kappa shape index (κ3) is 3.79. The van der Waals surface area contributed by atoms with E-state index in [2.05, 4.69) is 10.3 Å². The van der Waals surface area contributed by atoms with Crippen molar-refractivity contribution in [3.8, 4) is 0 Å². The molecular formula is C15H14ClN3O2. The Balaban J connectivity index is 2.10. The molecule has 2 rings (SSSR count). The summed E-state index contributed by atoms with van der Waals surface area (Å²) in [6.45, 7) is 0. The second-order valence-electron chi connectivity index (χ2n) is 4.59. The second kappa shape index (κ2) is 6.37. The number of carbonyl (C=O) groups excluding carboxylic acids is 2. The Morgan fingerprint density at radius 3 is 2.38 bits per heavy atom. The normalized spacial score (nSPS) is 10.0. The first kappa shape index (κ1) is 15.0. The average molecular weight is 304 g/mol. The molecule has 108 valence electrons. The highest BCUT2D eigenvalue weighted by atomic mass is 35.5. The molecule has 0 bridgehead atoms. The number of halogens is 1. The van der Waals surface area contributed by atoms with Crippen LogP contribution in [0.5, 0.6) is 0 Å². The molecule has 0 saturated carbocycles. The van der Waals surface area contributed by atoms with Crippen molar-refractivity contribution >= 4 is 29.1 Å². The van der Waals surface area contributed by atoms with Crippen LogP contribution in [-0.4, -0.2) is 35.8 Å². The van der Waals surface area contributed by atoms with E-state index < -0.39 is 0 Å².